The van der Waals surface area contributed by atoms with Gasteiger partial charge in [0.1, 0.15) is 12.4 Å². The Hall–Kier alpha value is -1.30. The minimum atomic E-state index is -0.560. The van der Waals surface area contributed by atoms with Gasteiger partial charge in [0.25, 0.3) is 0 Å². The third kappa shape index (κ3) is 5.46. The average molecular weight is 286 g/mol. The number of anilines is 1. The quantitative estimate of drug-likeness (QED) is 0.832. The maximum absolute atomic E-state index is 11.4. The van der Waals surface area contributed by atoms with E-state index in [2.05, 4.69) is 5.32 Å². The van der Waals surface area contributed by atoms with Gasteiger partial charge in [-0.3, -0.25) is 4.79 Å². The molecule has 0 radical (unpaired) electrons. The third-order valence-electron chi connectivity index (χ3n) is 2.41. The summed E-state index contributed by atoms with van der Waals surface area (Å²) >= 11 is 6.09. The molecule has 0 fully saturated rings. The number of ether oxygens (including phenoxy) is 1. The van der Waals surface area contributed by atoms with Crippen molar-refractivity contribution >= 4 is 23.2 Å². The summed E-state index contributed by atoms with van der Waals surface area (Å²) in [7, 11) is 3.94. The van der Waals surface area contributed by atoms with Crippen LogP contribution in [0.25, 0.3) is 0 Å². The molecule has 1 aromatic carbocycles. The minimum absolute atomic E-state index is 0.252. The number of benzene rings is 1. The lowest BCUT2D eigenvalue weighted by atomic mass is 10.2. The van der Waals surface area contributed by atoms with Crippen LogP contribution in [0.15, 0.2) is 18.2 Å². The first-order valence-corrected chi connectivity index (χ1v) is 6.41. The van der Waals surface area contributed by atoms with E-state index in [-0.39, 0.29) is 5.91 Å². The van der Waals surface area contributed by atoms with Gasteiger partial charge in [-0.25, -0.2) is 0 Å². The summed E-state index contributed by atoms with van der Waals surface area (Å²) in [5, 5.41) is 3.13. The Balaban J connectivity index is 2.61. The summed E-state index contributed by atoms with van der Waals surface area (Å²) in [5.41, 5.74) is 6.08. The molecule has 0 aliphatic carbocycles. The topological polar surface area (TPSA) is 67.6 Å². The number of carbonyl (C=O) groups excluding carboxylic acids is 1. The number of likely N-dealkylation sites (N-methyl/N-ethyl adjacent to an activating group) is 1. The van der Waals surface area contributed by atoms with Crippen molar-refractivity contribution in [3.8, 4) is 5.75 Å². The molecule has 0 aromatic heterocycles. The largest absolute Gasteiger partial charge is 0.491 e. The van der Waals surface area contributed by atoms with Gasteiger partial charge in [0.05, 0.1) is 11.1 Å². The highest BCUT2D eigenvalue weighted by molar-refractivity contribution is 6.32. The second-order valence-corrected chi connectivity index (χ2v) is 4.98. The van der Waals surface area contributed by atoms with E-state index in [1.54, 1.807) is 25.1 Å². The van der Waals surface area contributed by atoms with Crippen molar-refractivity contribution in [2.75, 3.05) is 32.6 Å². The molecule has 1 rings (SSSR count). The summed E-state index contributed by atoms with van der Waals surface area (Å²) in [4.78, 5) is 13.5. The maximum Gasteiger partial charge on any atom is 0.240 e. The van der Waals surface area contributed by atoms with Crippen molar-refractivity contribution in [3.63, 3.8) is 0 Å². The van der Waals surface area contributed by atoms with E-state index >= 15 is 0 Å². The Bertz CT molecular complexity index is 436. The number of rotatable bonds is 6. The van der Waals surface area contributed by atoms with Gasteiger partial charge in [0.2, 0.25) is 5.91 Å². The molecule has 5 nitrogen and oxygen atoms in total. The highest BCUT2D eigenvalue weighted by atomic mass is 35.5. The lowest BCUT2D eigenvalue weighted by Crippen LogP contribution is -2.32. The van der Waals surface area contributed by atoms with Crippen molar-refractivity contribution in [2.24, 2.45) is 5.73 Å². The van der Waals surface area contributed by atoms with Gasteiger partial charge in [-0.2, -0.15) is 0 Å². The normalized spacial score (nSPS) is 12.3. The first kappa shape index (κ1) is 15.8. The Kier molecular flexibility index (Phi) is 6.08. The summed E-state index contributed by atoms with van der Waals surface area (Å²) in [6.07, 6.45) is 0. The minimum Gasteiger partial charge on any atom is -0.491 e. The lowest BCUT2D eigenvalue weighted by molar-refractivity contribution is -0.117. The van der Waals surface area contributed by atoms with Crippen LogP contribution in [-0.4, -0.2) is 44.1 Å². The molecule has 106 valence electrons. The smallest absolute Gasteiger partial charge is 0.240 e. The molecule has 1 amide bonds. The molecule has 0 unspecified atom stereocenters. The molecule has 1 atom stereocenters. The van der Waals surface area contributed by atoms with Gasteiger partial charge in [-0.15, -0.1) is 0 Å². The third-order valence-corrected chi connectivity index (χ3v) is 2.70. The zero-order valence-electron chi connectivity index (χ0n) is 11.4. The van der Waals surface area contributed by atoms with Gasteiger partial charge in [-0.05, 0) is 39.2 Å². The number of hydrogen-bond acceptors (Lipinski definition) is 4. The van der Waals surface area contributed by atoms with E-state index in [1.165, 1.54) is 0 Å². The van der Waals surface area contributed by atoms with Crippen LogP contribution < -0.4 is 15.8 Å². The summed E-state index contributed by atoms with van der Waals surface area (Å²) in [6, 6.07) is 4.55. The molecular weight excluding hydrogens is 266 g/mol. The van der Waals surface area contributed by atoms with Crippen LogP contribution in [0.5, 0.6) is 5.75 Å². The first-order valence-electron chi connectivity index (χ1n) is 6.03. The first-order chi connectivity index (χ1) is 8.90. The van der Waals surface area contributed by atoms with Crippen LogP contribution in [0.3, 0.4) is 0 Å². The van der Waals surface area contributed by atoms with E-state index in [1.807, 2.05) is 19.0 Å². The van der Waals surface area contributed by atoms with Gasteiger partial charge < -0.3 is 20.7 Å². The fourth-order valence-electron chi connectivity index (χ4n) is 1.29. The Morgan fingerprint density at radius 3 is 2.74 bits per heavy atom. The lowest BCUT2D eigenvalue weighted by Gasteiger charge is -2.13. The SMILES string of the molecule is C[C@@H](N)C(=O)Nc1ccc(OCCN(C)C)c(Cl)c1. The predicted molar refractivity (Wildman–Crippen MR) is 77.8 cm³/mol. The van der Waals surface area contributed by atoms with Gasteiger partial charge in [-0.1, -0.05) is 11.6 Å². The molecule has 3 N–H and O–H groups in total. The van der Waals surface area contributed by atoms with Crippen LogP contribution in [0.2, 0.25) is 5.02 Å². The molecule has 0 aliphatic rings. The molecule has 19 heavy (non-hydrogen) atoms. The standard InChI is InChI=1S/C13H20ClN3O2/c1-9(15)13(18)16-10-4-5-12(11(14)8-10)19-7-6-17(2)3/h4-5,8-9H,6-7,15H2,1-3H3,(H,16,18)/t9-/m1/s1. The Morgan fingerprint density at radius 2 is 2.21 bits per heavy atom. The number of hydrogen-bond donors (Lipinski definition) is 2. The second kappa shape index (κ2) is 7.33. The fourth-order valence-corrected chi connectivity index (χ4v) is 1.53. The maximum atomic E-state index is 11.4. The number of halogens is 1. The number of nitrogens with two attached hydrogens (primary N) is 1. The predicted octanol–water partition coefficient (Wildman–Crippen LogP) is 1.57. The highest BCUT2D eigenvalue weighted by Gasteiger charge is 2.09. The Morgan fingerprint density at radius 1 is 1.53 bits per heavy atom. The summed E-state index contributed by atoms with van der Waals surface area (Å²) < 4.78 is 5.54. The van der Waals surface area contributed by atoms with Crippen molar-refractivity contribution in [1.82, 2.24) is 4.90 Å². The van der Waals surface area contributed by atoms with E-state index in [4.69, 9.17) is 22.1 Å². The van der Waals surface area contributed by atoms with Gasteiger partial charge in [0, 0.05) is 12.2 Å². The summed E-state index contributed by atoms with van der Waals surface area (Å²) in [5.74, 6) is 0.347. The van der Waals surface area contributed by atoms with Crippen LogP contribution in [0.1, 0.15) is 6.92 Å². The molecule has 0 saturated heterocycles. The van der Waals surface area contributed by atoms with E-state index in [0.717, 1.165) is 6.54 Å². The molecule has 0 spiro atoms. The molecular formula is C13H20ClN3O2. The van der Waals surface area contributed by atoms with Crippen LogP contribution in [0, 0.1) is 0 Å². The molecule has 0 heterocycles. The molecule has 0 bridgehead atoms. The van der Waals surface area contributed by atoms with Crippen LogP contribution in [0.4, 0.5) is 5.69 Å². The van der Waals surface area contributed by atoms with E-state index in [9.17, 15) is 4.79 Å². The van der Waals surface area contributed by atoms with Crippen LogP contribution in [-0.2, 0) is 4.79 Å². The van der Waals surface area contributed by atoms with Crippen molar-refractivity contribution in [2.45, 2.75) is 13.0 Å². The van der Waals surface area contributed by atoms with E-state index in [0.29, 0.717) is 23.1 Å². The Labute approximate surface area is 118 Å². The fraction of sp³-hybridized carbons (Fsp3) is 0.462. The zero-order valence-corrected chi connectivity index (χ0v) is 12.2. The monoisotopic (exact) mass is 285 g/mol. The van der Waals surface area contributed by atoms with Crippen LogP contribution >= 0.6 is 11.6 Å². The highest BCUT2D eigenvalue weighted by Crippen LogP contribution is 2.27. The van der Waals surface area contributed by atoms with Gasteiger partial charge in [0.15, 0.2) is 0 Å². The van der Waals surface area contributed by atoms with Crippen molar-refractivity contribution in [1.29, 1.82) is 0 Å². The number of nitrogens with zero attached hydrogens (tertiary/aromatic N) is 1. The van der Waals surface area contributed by atoms with Crippen molar-refractivity contribution < 1.29 is 9.53 Å². The number of carbonyl (C=O) groups is 1. The zero-order chi connectivity index (χ0) is 14.4. The molecule has 0 saturated carbocycles. The molecule has 1 aromatic rings. The average Bonchev–Trinajstić information content (AvgIpc) is 2.31. The molecule has 6 heteroatoms. The summed E-state index contributed by atoms with van der Waals surface area (Å²) in [6.45, 7) is 2.98. The van der Waals surface area contributed by atoms with Crippen molar-refractivity contribution in [3.05, 3.63) is 23.2 Å². The van der Waals surface area contributed by atoms with Gasteiger partial charge >= 0.3 is 0 Å². The second-order valence-electron chi connectivity index (χ2n) is 4.57. The molecule has 0 aliphatic heterocycles. The number of nitrogens with one attached hydrogen (secondary N) is 1. The van der Waals surface area contributed by atoms with E-state index < -0.39 is 6.04 Å². The number of amides is 1.